The quantitative estimate of drug-likeness (QED) is 0.818. The summed E-state index contributed by atoms with van der Waals surface area (Å²) in [5.74, 6) is 0.0625. The van der Waals surface area contributed by atoms with Crippen LogP contribution in [-0.4, -0.2) is 32.0 Å². The van der Waals surface area contributed by atoms with Crippen molar-refractivity contribution in [2.75, 3.05) is 0 Å². The van der Waals surface area contributed by atoms with Crippen LogP contribution in [0.2, 0.25) is 5.02 Å². The highest BCUT2D eigenvalue weighted by Gasteiger charge is 2.22. The molecule has 0 unspecified atom stereocenters. The lowest BCUT2D eigenvalue weighted by Gasteiger charge is -2.24. The van der Waals surface area contributed by atoms with Crippen molar-refractivity contribution in [1.82, 2.24) is 20.1 Å². The highest BCUT2D eigenvalue weighted by Crippen LogP contribution is 2.26. The highest BCUT2D eigenvalue weighted by atomic mass is 35.5. The monoisotopic (exact) mass is 364 g/mol. The first-order chi connectivity index (χ1) is 11.6. The number of hydrogen-bond donors (Lipinski definition) is 1. The van der Waals surface area contributed by atoms with E-state index in [1.807, 2.05) is 35.8 Å². The van der Waals surface area contributed by atoms with Crippen LogP contribution < -0.4 is 5.32 Å². The molecule has 7 heteroatoms. The van der Waals surface area contributed by atoms with Gasteiger partial charge in [-0.1, -0.05) is 48.7 Å². The van der Waals surface area contributed by atoms with Crippen LogP contribution in [0.25, 0.3) is 5.69 Å². The molecule has 3 rings (SSSR count). The summed E-state index contributed by atoms with van der Waals surface area (Å²) in [5, 5.41) is 12.4. The summed E-state index contributed by atoms with van der Waals surface area (Å²) >= 11 is 7.46. The zero-order chi connectivity index (χ0) is 16.9. The van der Waals surface area contributed by atoms with Crippen LogP contribution in [0.4, 0.5) is 0 Å². The molecule has 1 aliphatic rings. The number of nitrogens with one attached hydrogen (secondary N) is 1. The first-order valence-electron chi connectivity index (χ1n) is 8.26. The number of carbonyl (C=O) groups is 1. The van der Waals surface area contributed by atoms with Gasteiger partial charge in [0.2, 0.25) is 5.91 Å². The van der Waals surface area contributed by atoms with Crippen LogP contribution in [0.3, 0.4) is 0 Å². The number of halogens is 1. The summed E-state index contributed by atoms with van der Waals surface area (Å²) < 4.78 is 1.85. The topological polar surface area (TPSA) is 59.8 Å². The number of thioether (sulfide) groups is 1. The van der Waals surface area contributed by atoms with E-state index in [9.17, 15) is 4.79 Å². The summed E-state index contributed by atoms with van der Waals surface area (Å²) in [4.78, 5) is 12.4. The molecular formula is C17H21ClN4OS. The van der Waals surface area contributed by atoms with Crippen molar-refractivity contribution < 1.29 is 4.79 Å². The van der Waals surface area contributed by atoms with E-state index < -0.39 is 0 Å². The van der Waals surface area contributed by atoms with Gasteiger partial charge in [-0.05, 0) is 38.0 Å². The molecule has 1 saturated carbocycles. The molecule has 1 N–H and O–H groups in total. The molecule has 0 aliphatic heterocycles. The molecule has 1 aromatic carbocycles. The molecule has 24 heavy (non-hydrogen) atoms. The molecule has 1 fully saturated rings. The van der Waals surface area contributed by atoms with Crippen molar-refractivity contribution in [2.24, 2.45) is 0 Å². The van der Waals surface area contributed by atoms with Gasteiger partial charge in [0, 0.05) is 11.1 Å². The van der Waals surface area contributed by atoms with Crippen molar-refractivity contribution >= 4 is 29.3 Å². The second-order valence-corrected chi connectivity index (χ2v) is 7.81. The second-order valence-electron chi connectivity index (χ2n) is 6.07. The number of hydrogen-bond acceptors (Lipinski definition) is 4. The molecule has 5 nitrogen and oxygen atoms in total. The van der Waals surface area contributed by atoms with E-state index in [0.717, 1.165) is 18.5 Å². The lowest BCUT2D eigenvalue weighted by molar-refractivity contribution is -0.121. The van der Waals surface area contributed by atoms with Gasteiger partial charge in [-0.2, -0.15) is 0 Å². The summed E-state index contributed by atoms with van der Waals surface area (Å²) in [6, 6.07) is 7.81. The zero-order valence-electron chi connectivity index (χ0n) is 13.6. The second kappa shape index (κ2) is 8.03. The summed E-state index contributed by atoms with van der Waals surface area (Å²) in [5.41, 5.74) is 0.884. The van der Waals surface area contributed by atoms with Crippen molar-refractivity contribution in [2.45, 2.75) is 55.5 Å². The predicted octanol–water partition coefficient (Wildman–Crippen LogP) is 3.85. The fourth-order valence-electron chi connectivity index (χ4n) is 2.88. The molecule has 0 bridgehead atoms. The number of rotatable bonds is 5. The van der Waals surface area contributed by atoms with E-state index in [1.54, 1.807) is 6.33 Å². The van der Waals surface area contributed by atoms with Crippen LogP contribution in [0.5, 0.6) is 0 Å². The summed E-state index contributed by atoms with van der Waals surface area (Å²) in [6.07, 6.45) is 7.49. The minimum Gasteiger partial charge on any atom is -0.352 e. The molecule has 128 valence electrons. The number of aromatic nitrogens is 3. The van der Waals surface area contributed by atoms with E-state index >= 15 is 0 Å². The maximum absolute atomic E-state index is 12.4. The van der Waals surface area contributed by atoms with Gasteiger partial charge in [0.1, 0.15) is 6.33 Å². The minimum absolute atomic E-state index is 0.0625. The van der Waals surface area contributed by atoms with Crippen LogP contribution in [0.15, 0.2) is 35.7 Å². The Morgan fingerprint density at radius 1 is 1.38 bits per heavy atom. The van der Waals surface area contributed by atoms with E-state index in [-0.39, 0.29) is 11.2 Å². The van der Waals surface area contributed by atoms with Gasteiger partial charge in [-0.15, -0.1) is 10.2 Å². The average Bonchev–Trinajstić information content (AvgIpc) is 3.04. The number of carbonyl (C=O) groups excluding carboxylic acids is 1. The SMILES string of the molecule is C[C@@H](Sc1nncn1-c1cccc(Cl)c1)C(=O)NC1CCCCC1. The first kappa shape index (κ1) is 17.3. The Morgan fingerprint density at radius 2 is 2.17 bits per heavy atom. The van der Waals surface area contributed by atoms with Gasteiger partial charge < -0.3 is 5.32 Å². The molecule has 2 aromatic rings. The molecule has 0 radical (unpaired) electrons. The Kier molecular flexibility index (Phi) is 5.79. The number of benzene rings is 1. The standard InChI is InChI=1S/C17H21ClN4OS/c1-12(16(23)20-14-7-3-2-4-8-14)24-17-21-19-11-22(17)15-9-5-6-13(18)10-15/h5-6,9-12,14H,2-4,7-8H2,1H3,(H,20,23)/t12-/m1/s1. The van der Waals surface area contributed by atoms with Gasteiger partial charge in [-0.3, -0.25) is 9.36 Å². The van der Waals surface area contributed by atoms with Gasteiger partial charge in [-0.25, -0.2) is 0 Å². The molecule has 0 saturated heterocycles. The lowest BCUT2D eigenvalue weighted by atomic mass is 9.95. The van der Waals surface area contributed by atoms with Crippen molar-refractivity contribution in [3.05, 3.63) is 35.6 Å². The van der Waals surface area contributed by atoms with Crippen LogP contribution >= 0.6 is 23.4 Å². The minimum atomic E-state index is -0.228. The molecular weight excluding hydrogens is 344 g/mol. The fraction of sp³-hybridized carbons (Fsp3) is 0.471. The molecule has 1 heterocycles. The van der Waals surface area contributed by atoms with Gasteiger partial charge >= 0.3 is 0 Å². The Morgan fingerprint density at radius 3 is 2.92 bits per heavy atom. The van der Waals surface area contributed by atoms with E-state index in [0.29, 0.717) is 16.2 Å². The zero-order valence-corrected chi connectivity index (χ0v) is 15.2. The third-order valence-corrected chi connectivity index (χ3v) is 5.50. The lowest BCUT2D eigenvalue weighted by Crippen LogP contribution is -2.40. The third kappa shape index (κ3) is 4.30. The van der Waals surface area contributed by atoms with Gasteiger partial charge in [0.15, 0.2) is 5.16 Å². The summed E-state index contributed by atoms with van der Waals surface area (Å²) in [6.45, 7) is 1.90. The number of amides is 1. The van der Waals surface area contributed by atoms with Gasteiger partial charge in [0.25, 0.3) is 0 Å². The smallest absolute Gasteiger partial charge is 0.233 e. The van der Waals surface area contributed by atoms with Crippen LogP contribution in [0.1, 0.15) is 39.0 Å². The first-order valence-corrected chi connectivity index (χ1v) is 9.52. The molecule has 0 spiro atoms. The Bertz CT molecular complexity index is 699. The van der Waals surface area contributed by atoms with Crippen LogP contribution in [0, 0.1) is 0 Å². The maximum atomic E-state index is 12.4. The van der Waals surface area contributed by atoms with Crippen molar-refractivity contribution in [1.29, 1.82) is 0 Å². The van der Waals surface area contributed by atoms with Crippen molar-refractivity contribution in [3.63, 3.8) is 0 Å². The van der Waals surface area contributed by atoms with E-state index in [1.165, 1.54) is 31.0 Å². The Labute approximate surface area is 151 Å². The van der Waals surface area contributed by atoms with E-state index in [4.69, 9.17) is 11.6 Å². The maximum Gasteiger partial charge on any atom is 0.233 e. The van der Waals surface area contributed by atoms with Crippen molar-refractivity contribution in [3.8, 4) is 5.69 Å². The highest BCUT2D eigenvalue weighted by molar-refractivity contribution is 8.00. The Balaban J connectivity index is 1.65. The summed E-state index contributed by atoms with van der Waals surface area (Å²) in [7, 11) is 0. The number of nitrogens with zero attached hydrogens (tertiary/aromatic N) is 3. The third-order valence-electron chi connectivity index (χ3n) is 4.21. The fourth-order valence-corrected chi connectivity index (χ4v) is 3.92. The molecule has 1 amide bonds. The predicted molar refractivity (Wildman–Crippen MR) is 96.7 cm³/mol. The van der Waals surface area contributed by atoms with E-state index in [2.05, 4.69) is 15.5 Å². The van der Waals surface area contributed by atoms with Gasteiger partial charge in [0.05, 0.1) is 10.9 Å². The largest absolute Gasteiger partial charge is 0.352 e. The Hall–Kier alpha value is -1.53. The molecule has 1 atom stereocenters. The van der Waals surface area contributed by atoms with Crippen LogP contribution in [-0.2, 0) is 4.79 Å². The average molecular weight is 365 g/mol. The normalized spacial score (nSPS) is 16.8. The molecule has 1 aliphatic carbocycles. The molecule has 1 aromatic heterocycles.